The zero-order valence-electron chi connectivity index (χ0n) is 37.4. The van der Waals surface area contributed by atoms with Crippen molar-refractivity contribution in [1.82, 2.24) is 5.32 Å². The number of rotatable bonds is 43. The van der Waals surface area contributed by atoms with Crippen LogP contribution in [-0.2, 0) is 27.9 Å². The molecule has 10 heteroatoms. The zero-order valence-corrected chi connectivity index (χ0v) is 38.3. The Hall–Kier alpha value is -2.55. The summed E-state index contributed by atoms with van der Waals surface area (Å²) >= 11 is 0. The molecule has 0 radical (unpaired) electrons. The second-order valence-electron chi connectivity index (χ2n) is 15.4. The molecule has 0 rings (SSSR count). The van der Waals surface area contributed by atoms with Gasteiger partial charge in [-0.15, -0.1) is 0 Å². The Morgan fingerprint density at radius 3 is 1.46 bits per heavy atom. The lowest BCUT2D eigenvalue weighted by Gasteiger charge is -2.15. The van der Waals surface area contributed by atoms with Gasteiger partial charge in [0.15, 0.2) is 0 Å². The molecule has 340 valence electrons. The van der Waals surface area contributed by atoms with Gasteiger partial charge in [0.05, 0.1) is 13.2 Å². The van der Waals surface area contributed by atoms with Gasteiger partial charge < -0.3 is 20.1 Å². The molecule has 0 aliphatic heterocycles. The number of phosphoric acid groups is 1. The third-order valence-corrected chi connectivity index (χ3v) is 10.6. The molecule has 0 bridgehead atoms. The standard InChI is InChI=1S/C49H86NO8P/c1-3-5-7-9-11-13-15-17-19-20-21-22-23-24-25-26-28-29-31-33-35-37-39-41-48(52)50-43-44-57-59(54,55)58-46-47(51)45-56-49(53)42-40-38-36-34-32-30-27-18-16-14-12-10-8-6-4-2/h5,7,11,13,17,19,21-22,24-25,28-29,47,51H,3-4,6,8-10,12,14-16,18,20,23,26-27,30-46H2,1-2H3,(H,50,52)(H,54,55)/b7-5-,13-11-,19-17-,22-21-,25-24-,29-28-. The van der Waals surface area contributed by atoms with E-state index in [4.69, 9.17) is 13.8 Å². The number of aliphatic hydroxyl groups is 1. The molecule has 0 aromatic heterocycles. The number of unbranched alkanes of at least 4 members (excludes halogenated alkanes) is 18. The highest BCUT2D eigenvalue weighted by Crippen LogP contribution is 2.42. The molecule has 0 heterocycles. The van der Waals surface area contributed by atoms with Crippen molar-refractivity contribution in [2.24, 2.45) is 0 Å². The SMILES string of the molecule is CC/C=C\C/C=C\C/C=C\C/C=C\C/C=C\C/C=C\CCCCCCC(=O)NCCOP(=O)(O)OCC(O)COC(=O)CCCCCCCCCCCCCCCCC. The highest BCUT2D eigenvalue weighted by Gasteiger charge is 2.23. The number of nitrogens with one attached hydrogen (secondary N) is 1. The van der Waals surface area contributed by atoms with Crippen LogP contribution in [0.4, 0.5) is 0 Å². The predicted octanol–water partition coefficient (Wildman–Crippen LogP) is 13.4. The number of amides is 1. The van der Waals surface area contributed by atoms with E-state index in [2.05, 4.69) is 92.1 Å². The van der Waals surface area contributed by atoms with Crippen LogP contribution < -0.4 is 5.32 Å². The van der Waals surface area contributed by atoms with Gasteiger partial charge in [-0.25, -0.2) is 4.57 Å². The summed E-state index contributed by atoms with van der Waals surface area (Å²) in [5, 5.41) is 12.7. The third-order valence-electron chi connectivity index (χ3n) is 9.65. The molecular formula is C49H86NO8P. The molecule has 0 saturated heterocycles. The van der Waals surface area contributed by atoms with E-state index in [1.807, 2.05) is 0 Å². The lowest BCUT2D eigenvalue weighted by atomic mass is 10.0. The summed E-state index contributed by atoms with van der Waals surface area (Å²) in [4.78, 5) is 34.0. The maximum Gasteiger partial charge on any atom is 0.472 e. The molecule has 59 heavy (non-hydrogen) atoms. The van der Waals surface area contributed by atoms with Crippen molar-refractivity contribution in [2.75, 3.05) is 26.4 Å². The number of hydrogen-bond donors (Lipinski definition) is 3. The topological polar surface area (TPSA) is 131 Å². The first-order chi connectivity index (χ1) is 28.8. The number of ether oxygens (including phenoxy) is 1. The van der Waals surface area contributed by atoms with E-state index in [1.54, 1.807) is 0 Å². The van der Waals surface area contributed by atoms with E-state index in [1.165, 1.54) is 77.0 Å². The maximum atomic E-state index is 12.1. The summed E-state index contributed by atoms with van der Waals surface area (Å²) in [7, 11) is -4.43. The molecule has 0 fully saturated rings. The van der Waals surface area contributed by atoms with Gasteiger partial charge in [0, 0.05) is 19.4 Å². The van der Waals surface area contributed by atoms with Crippen LogP contribution in [0.5, 0.6) is 0 Å². The summed E-state index contributed by atoms with van der Waals surface area (Å²) in [5.41, 5.74) is 0. The van der Waals surface area contributed by atoms with Gasteiger partial charge in [-0.2, -0.15) is 0 Å². The van der Waals surface area contributed by atoms with Gasteiger partial charge in [0.25, 0.3) is 0 Å². The molecule has 0 saturated carbocycles. The lowest BCUT2D eigenvalue weighted by Crippen LogP contribution is -2.27. The Balaban J connectivity index is 3.65. The minimum absolute atomic E-state index is 0.0644. The lowest BCUT2D eigenvalue weighted by molar-refractivity contribution is -0.147. The second kappa shape index (κ2) is 45.0. The summed E-state index contributed by atoms with van der Waals surface area (Å²) in [6.07, 6.45) is 55.5. The van der Waals surface area contributed by atoms with Crippen LogP contribution in [-0.4, -0.2) is 54.3 Å². The number of carbonyl (C=O) groups excluding carboxylic acids is 2. The summed E-state index contributed by atoms with van der Waals surface area (Å²) in [5.74, 6) is -0.542. The molecule has 0 aromatic rings. The van der Waals surface area contributed by atoms with Gasteiger partial charge in [-0.05, 0) is 64.2 Å². The number of allylic oxidation sites excluding steroid dienone is 12. The summed E-state index contributed by atoms with van der Waals surface area (Å²) in [6, 6.07) is 0. The van der Waals surface area contributed by atoms with Crippen LogP contribution in [0.3, 0.4) is 0 Å². The van der Waals surface area contributed by atoms with Gasteiger partial charge in [-0.1, -0.05) is 189 Å². The monoisotopic (exact) mass is 848 g/mol. The van der Waals surface area contributed by atoms with Crippen LogP contribution in [0, 0.1) is 0 Å². The third kappa shape index (κ3) is 46.4. The fourth-order valence-electron chi connectivity index (χ4n) is 6.15. The minimum Gasteiger partial charge on any atom is -0.463 e. The van der Waals surface area contributed by atoms with Gasteiger partial charge in [0.2, 0.25) is 5.91 Å². The molecule has 2 atom stereocenters. The molecule has 9 nitrogen and oxygen atoms in total. The van der Waals surface area contributed by atoms with Crippen LogP contribution in [0.25, 0.3) is 0 Å². The molecule has 0 spiro atoms. The van der Waals surface area contributed by atoms with Crippen LogP contribution >= 0.6 is 7.82 Å². The number of hydrogen-bond acceptors (Lipinski definition) is 7. The van der Waals surface area contributed by atoms with E-state index in [-0.39, 0.29) is 32.1 Å². The van der Waals surface area contributed by atoms with Crippen molar-refractivity contribution in [3.8, 4) is 0 Å². The highest BCUT2D eigenvalue weighted by atomic mass is 31.2. The maximum absolute atomic E-state index is 12.1. The highest BCUT2D eigenvalue weighted by molar-refractivity contribution is 7.47. The first kappa shape index (κ1) is 56.5. The summed E-state index contributed by atoms with van der Waals surface area (Å²) < 4.78 is 26.9. The van der Waals surface area contributed by atoms with Gasteiger partial charge in [-0.3, -0.25) is 18.6 Å². The molecule has 3 N–H and O–H groups in total. The van der Waals surface area contributed by atoms with Crippen molar-refractivity contribution in [2.45, 2.75) is 200 Å². The Bertz CT molecular complexity index is 1190. The average molecular weight is 848 g/mol. The first-order valence-electron chi connectivity index (χ1n) is 23.4. The predicted molar refractivity (Wildman–Crippen MR) is 247 cm³/mol. The number of phosphoric ester groups is 1. The minimum atomic E-state index is -4.43. The number of esters is 1. The second-order valence-corrected chi connectivity index (χ2v) is 16.8. The fraction of sp³-hybridized carbons (Fsp3) is 0.714. The van der Waals surface area contributed by atoms with Crippen LogP contribution in [0.15, 0.2) is 72.9 Å². The number of aliphatic hydroxyl groups excluding tert-OH is 1. The zero-order chi connectivity index (χ0) is 43.2. The van der Waals surface area contributed by atoms with E-state index >= 15 is 0 Å². The molecule has 2 unspecified atom stereocenters. The molecular weight excluding hydrogens is 762 g/mol. The van der Waals surface area contributed by atoms with Crippen molar-refractivity contribution in [3.63, 3.8) is 0 Å². The number of carbonyl (C=O) groups is 2. The summed E-state index contributed by atoms with van der Waals surface area (Å²) in [6.45, 7) is 3.41. The van der Waals surface area contributed by atoms with Gasteiger partial charge >= 0.3 is 13.8 Å². The quantitative estimate of drug-likeness (QED) is 0.0239. The average Bonchev–Trinajstić information content (AvgIpc) is 3.22. The van der Waals surface area contributed by atoms with Crippen molar-refractivity contribution in [1.29, 1.82) is 0 Å². The molecule has 0 aliphatic carbocycles. The Morgan fingerprint density at radius 1 is 0.542 bits per heavy atom. The van der Waals surface area contributed by atoms with Crippen molar-refractivity contribution in [3.05, 3.63) is 72.9 Å². The molecule has 1 amide bonds. The van der Waals surface area contributed by atoms with E-state index in [0.29, 0.717) is 6.42 Å². The smallest absolute Gasteiger partial charge is 0.463 e. The molecule has 0 aromatic carbocycles. The van der Waals surface area contributed by atoms with E-state index < -0.39 is 26.5 Å². The van der Waals surface area contributed by atoms with Crippen molar-refractivity contribution < 1.29 is 37.9 Å². The van der Waals surface area contributed by atoms with Crippen LogP contribution in [0.1, 0.15) is 194 Å². The van der Waals surface area contributed by atoms with E-state index in [0.717, 1.165) is 89.9 Å². The molecule has 0 aliphatic rings. The van der Waals surface area contributed by atoms with Crippen LogP contribution in [0.2, 0.25) is 0 Å². The van der Waals surface area contributed by atoms with Gasteiger partial charge in [0.1, 0.15) is 12.7 Å². The Labute approximate surface area is 360 Å². The first-order valence-corrected chi connectivity index (χ1v) is 24.9. The Kier molecular flexibility index (Phi) is 43.0. The normalized spacial score (nSPS) is 13.9. The van der Waals surface area contributed by atoms with Crippen molar-refractivity contribution >= 4 is 19.7 Å². The fourth-order valence-corrected chi connectivity index (χ4v) is 6.91. The Morgan fingerprint density at radius 2 is 0.966 bits per heavy atom. The largest absolute Gasteiger partial charge is 0.472 e. The van der Waals surface area contributed by atoms with E-state index in [9.17, 15) is 24.2 Å².